The van der Waals surface area contributed by atoms with Crippen molar-refractivity contribution in [2.75, 3.05) is 16.8 Å². The normalized spacial score (nSPS) is 11.2. The molecule has 0 aliphatic heterocycles. The van der Waals surface area contributed by atoms with Crippen LogP contribution in [0.2, 0.25) is 0 Å². The summed E-state index contributed by atoms with van der Waals surface area (Å²) in [5.74, 6) is -1.18. The molecule has 0 radical (unpaired) electrons. The first kappa shape index (κ1) is 16.4. The van der Waals surface area contributed by atoms with Crippen LogP contribution in [0.1, 0.15) is 12.0 Å². The number of anilines is 1. The lowest BCUT2D eigenvalue weighted by molar-refractivity contribution is -0.138. The summed E-state index contributed by atoms with van der Waals surface area (Å²) in [4.78, 5) is 21.7. The lowest BCUT2D eigenvalue weighted by Gasteiger charge is -2.09. The third-order valence-corrected chi connectivity index (χ3v) is 3.13. The van der Waals surface area contributed by atoms with Gasteiger partial charge in [-0.3, -0.25) is 9.59 Å². The lowest BCUT2D eigenvalue weighted by Crippen LogP contribution is -2.15. The van der Waals surface area contributed by atoms with Gasteiger partial charge >= 0.3 is 12.1 Å². The van der Waals surface area contributed by atoms with Gasteiger partial charge in [-0.1, -0.05) is 6.07 Å². The van der Waals surface area contributed by atoms with E-state index in [-0.39, 0.29) is 23.6 Å². The van der Waals surface area contributed by atoms with E-state index in [9.17, 15) is 22.8 Å². The number of amides is 1. The molecule has 0 spiro atoms. The number of carbonyl (C=O) groups excluding carboxylic acids is 1. The number of carboxylic acid groups (broad SMARTS) is 1. The van der Waals surface area contributed by atoms with E-state index in [1.54, 1.807) is 0 Å². The van der Waals surface area contributed by atoms with E-state index in [0.29, 0.717) is 0 Å². The number of halogens is 3. The zero-order chi connectivity index (χ0) is 15.2. The zero-order valence-electron chi connectivity index (χ0n) is 10.2. The number of benzene rings is 1. The minimum atomic E-state index is -4.46. The molecule has 1 rings (SSSR count). The van der Waals surface area contributed by atoms with Crippen LogP contribution in [0.4, 0.5) is 18.9 Å². The Morgan fingerprint density at radius 1 is 1.30 bits per heavy atom. The molecule has 20 heavy (non-hydrogen) atoms. The molecule has 1 amide bonds. The Labute approximate surface area is 117 Å². The van der Waals surface area contributed by atoms with Gasteiger partial charge in [0.1, 0.15) is 0 Å². The SMILES string of the molecule is O=C(O)CCSCC(=O)Nc1cccc(C(F)(F)F)c1. The average molecular weight is 307 g/mol. The second-order valence-electron chi connectivity index (χ2n) is 3.82. The third-order valence-electron chi connectivity index (χ3n) is 2.17. The number of carboxylic acids is 1. The number of hydrogen-bond donors (Lipinski definition) is 2. The van der Waals surface area contributed by atoms with Crippen molar-refractivity contribution < 1.29 is 27.9 Å². The number of hydrogen-bond acceptors (Lipinski definition) is 3. The van der Waals surface area contributed by atoms with Gasteiger partial charge in [-0.05, 0) is 18.2 Å². The molecule has 0 aromatic heterocycles. The highest BCUT2D eigenvalue weighted by Crippen LogP contribution is 2.30. The molecule has 0 saturated heterocycles. The predicted molar refractivity (Wildman–Crippen MR) is 69.7 cm³/mol. The summed E-state index contributed by atoms with van der Waals surface area (Å²) in [5, 5.41) is 10.7. The molecular weight excluding hydrogens is 295 g/mol. The first-order valence-electron chi connectivity index (χ1n) is 5.55. The standard InChI is InChI=1S/C12H12F3NO3S/c13-12(14,15)8-2-1-3-9(6-8)16-10(17)7-20-5-4-11(18)19/h1-3,6H,4-5,7H2,(H,16,17)(H,18,19). The number of alkyl halides is 3. The van der Waals surface area contributed by atoms with Crippen LogP contribution in [0.25, 0.3) is 0 Å². The Bertz CT molecular complexity index is 491. The highest BCUT2D eigenvalue weighted by molar-refractivity contribution is 7.99. The summed E-state index contributed by atoms with van der Waals surface area (Å²) in [7, 11) is 0. The van der Waals surface area contributed by atoms with Crippen molar-refractivity contribution in [1.82, 2.24) is 0 Å². The molecule has 0 aliphatic carbocycles. The van der Waals surface area contributed by atoms with E-state index >= 15 is 0 Å². The smallest absolute Gasteiger partial charge is 0.416 e. The molecule has 0 heterocycles. The maximum atomic E-state index is 12.5. The fourth-order valence-corrected chi connectivity index (χ4v) is 2.02. The zero-order valence-corrected chi connectivity index (χ0v) is 11.1. The molecule has 2 N–H and O–H groups in total. The van der Waals surface area contributed by atoms with E-state index in [0.717, 1.165) is 23.9 Å². The predicted octanol–water partition coefficient (Wildman–Crippen LogP) is 2.85. The molecule has 1 aromatic carbocycles. The Morgan fingerprint density at radius 3 is 2.60 bits per heavy atom. The van der Waals surface area contributed by atoms with Crippen molar-refractivity contribution in [3.8, 4) is 0 Å². The summed E-state index contributed by atoms with van der Waals surface area (Å²) >= 11 is 1.10. The van der Waals surface area contributed by atoms with Crippen LogP contribution in [0.5, 0.6) is 0 Å². The van der Waals surface area contributed by atoms with E-state index in [4.69, 9.17) is 5.11 Å². The molecule has 0 unspecified atom stereocenters. The van der Waals surface area contributed by atoms with E-state index < -0.39 is 23.6 Å². The maximum absolute atomic E-state index is 12.5. The monoisotopic (exact) mass is 307 g/mol. The van der Waals surface area contributed by atoms with Crippen LogP contribution in [0.3, 0.4) is 0 Å². The summed E-state index contributed by atoms with van der Waals surface area (Å²) < 4.78 is 37.4. The van der Waals surface area contributed by atoms with Gasteiger partial charge in [-0.15, -0.1) is 0 Å². The second-order valence-corrected chi connectivity index (χ2v) is 4.93. The van der Waals surface area contributed by atoms with Crippen molar-refractivity contribution in [3.63, 3.8) is 0 Å². The summed E-state index contributed by atoms with van der Waals surface area (Å²) in [6, 6.07) is 4.32. The third kappa shape index (κ3) is 5.96. The first-order valence-corrected chi connectivity index (χ1v) is 6.71. The van der Waals surface area contributed by atoms with Crippen molar-refractivity contribution in [1.29, 1.82) is 0 Å². The van der Waals surface area contributed by atoms with Crippen LogP contribution < -0.4 is 5.32 Å². The molecule has 1 aromatic rings. The number of aliphatic carboxylic acids is 1. The molecule has 110 valence electrons. The maximum Gasteiger partial charge on any atom is 0.416 e. The fraction of sp³-hybridized carbons (Fsp3) is 0.333. The summed E-state index contributed by atoms with van der Waals surface area (Å²) in [6.45, 7) is 0. The molecular formula is C12H12F3NO3S. The van der Waals surface area contributed by atoms with Crippen LogP contribution in [-0.4, -0.2) is 28.5 Å². The minimum Gasteiger partial charge on any atom is -0.481 e. The van der Waals surface area contributed by atoms with Gasteiger partial charge < -0.3 is 10.4 Å². The van der Waals surface area contributed by atoms with Gasteiger partial charge in [0.2, 0.25) is 5.91 Å². The molecule has 0 fully saturated rings. The van der Waals surface area contributed by atoms with Crippen LogP contribution in [0.15, 0.2) is 24.3 Å². The van der Waals surface area contributed by atoms with Crippen molar-refractivity contribution in [2.24, 2.45) is 0 Å². The first-order chi connectivity index (χ1) is 9.29. The lowest BCUT2D eigenvalue weighted by atomic mass is 10.2. The highest BCUT2D eigenvalue weighted by Gasteiger charge is 2.30. The van der Waals surface area contributed by atoms with Crippen LogP contribution >= 0.6 is 11.8 Å². The van der Waals surface area contributed by atoms with Gasteiger partial charge in [-0.25, -0.2) is 0 Å². The molecule has 8 heteroatoms. The van der Waals surface area contributed by atoms with Crippen molar-refractivity contribution >= 4 is 29.3 Å². The quantitative estimate of drug-likeness (QED) is 0.793. The molecule has 0 aliphatic rings. The number of rotatable bonds is 6. The molecule has 4 nitrogen and oxygen atoms in total. The second kappa shape index (κ2) is 7.18. The molecule has 0 bridgehead atoms. The Morgan fingerprint density at radius 2 is 2.00 bits per heavy atom. The van der Waals surface area contributed by atoms with Gasteiger partial charge in [0.05, 0.1) is 17.7 Å². The van der Waals surface area contributed by atoms with E-state index in [1.807, 2.05) is 0 Å². The summed E-state index contributed by atoms with van der Waals surface area (Å²) in [5.41, 5.74) is -0.780. The van der Waals surface area contributed by atoms with Gasteiger partial charge in [0.15, 0.2) is 0 Å². The fourth-order valence-electron chi connectivity index (χ4n) is 1.29. The van der Waals surface area contributed by atoms with Gasteiger partial charge in [0, 0.05) is 11.4 Å². The largest absolute Gasteiger partial charge is 0.481 e. The Balaban J connectivity index is 2.48. The number of nitrogens with one attached hydrogen (secondary N) is 1. The average Bonchev–Trinajstić information content (AvgIpc) is 2.34. The minimum absolute atomic E-state index is 0.0104. The number of thioether (sulfide) groups is 1. The van der Waals surface area contributed by atoms with Crippen molar-refractivity contribution in [3.05, 3.63) is 29.8 Å². The topological polar surface area (TPSA) is 66.4 Å². The Kier molecular flexibility index (Phi) is 5.87. The van der Waals surface area contributed by atoms with E-state index in [1.165, 1.54) is 12.1 Å². The number of carbonyl (C=O) groups is 2. The Hall–Kier alpha value is -1.70. The van der Waals surface area contributed by atoms with Gasteiger partial charge in [-0.2, -0.15) is 24.9 Å². The summed E-state index contributed by atoms with van der Waals surface area (Å²) in [6.07, 6.45) is -4.53. The van der Waals surface area contributed by atoms with Crippen molar-refractivity contribution in [2.45, 2.75) is 12.6 Å². The molecule has 0 saturated carbocycles. The highest BCUT2D eigenvalue weighted by atomic mass is 32.2. The molecule has 0 atom stereocenters. The van der Waals surface area contributed by atoms with Crippen LogP contribution in [0, 0.1) is 0 Å². The van der Waals surface area contributed by atoms with Gasteiger partial charge in [0.25, 0.3) is 0 Å². The van der Waals surface area contributed by atoms with Crippen LogP contribution in [-0.2, 0) is 15.8 Å². The van der Waals surface area contributed by atoms with E-state index in [2.05, 4.69) is 5.32 Å².